The highest BCUT2D eigenvalue weighted by atomic mass is 32.1. The average Bonchev–Trinajstić information content (AvgIpc) is 2.80. The molecule has 0 atom stereocenters. The first-order chi connectivity index (χ1) is 7.75. The Morgan fingerprint density at radius 3 is 2.88 bits per heavy atom. The van der Waals surface area contributed by atoms with Crippen molar-refractivity contribution in [3.63, 3.8) is 0 Å². The van der Waals surface area contributed by atoms with Gasteiger partial charge in [-0.15, -0.1) is 11.3 Å². The summed E-state index contributed by atoms with van der Waals surface area (Å²) in [4.78, 5) is 15.0. The number of aryl methyl sites for hydroxylation is 1. The average molecular weight is 239 g/mol. The minimum Gasteiger partial charge on any atom is -0.393 e. The Hall–Kier alpha value is -0.870. The number of aliphatic hydroxyl groups excluding tert-OH is 1. The van der Waals surface area contributed by atoms with E-state index in [1.807, 2.05) is 16.3 Å². The van der Waals surface area contributed by atoms with Gasteiger partial charge >= 0.3 is 0 Å². The predicted molar refractivity (Wildman–Crippen MR) is 64.5 cm³/mol. The first-order valence-electron chi connectivity index (χ1n) is 5.74. The second-order valence-corrected chi connectivity index (χ2v) is 5.22. The SMILES string of the molecule is O=C(CCc1cccs1)N1CCC(O)CC1. The van der Waals surface area contributed by atoms with E-state index in [-0.39, 0.29) is 12.0 Å². The Bertz CT molecular complexity index is 329. The molecule has 2 heterocycles. The van der Waals surface area contributed by atoms with Crippen molar-refractivity contribution in [3.05, 3.63) is 22.4 Å². The third kappa shape index (κ3) is 3.06. The summed E-state index contributed by atoms with van der Waals surface area (Å²) >= 11 is 1.70. The zero-order chi connectivity index (χ0) is 11.4. The van der Waals surface area contributed by atoms with Crippen LogP contribution >= 0.6 is 11.3 Å². The van der Waals surface area contributed by atoms with Gasteiger partial charge in [-0.05, 0) is 30.7 Å². The van der Waals surface area contributed by atoms with Crippen LogP contribution in [-0.4, -0.2) is 35.1 Å². The third-order valence-electron chi connectivity index (χ3n) is 2.98. The van der Waals surface area contributed by atoms with Gasteiger partial charge in [-0.2, -0.15) is 0 Å². The van der Waals surface area contributed by atoms with Crippen molar-refractivity contribution >= 4 is 17.2 Å². The highest BCUT2D eigenvalue weighted by molar-refractivity contribution is 7.09. The number of hydrogen-bond acceptors (Lipinski definition) is 3. The van der Waals surface area contributed by atoms with Gasteiger partial charge in [-0.1, -0.05) is 6.07 Å². The van der Waals surface area contributed by atoms with E-state index < -0.39 is 0 Å². The summed E-state index contributed by atoms with van der Waals surface area (Å²) in [6.07, 6.45) is 2.68. The van der Waals surface area contributed by atoms with E-state index in [2.05, 4.69) is 6.07 Å². The molecular weight excluding hydrogens is 222 g/mol. The van der Waals surface area contributed by atoms with Gasteiger partial charge in [0.05, 0.1) is 6.10 Å². The van der Waals surface area contributed by atoms with Crippen molar-refractivity contribution in [2.24, 2.45) is 0 Å². The van der Waals surface area contributed by atoms with Gasteiger partial charge in [0.15, 0.2) is 0 Å². The predicted octanol–water partition coefficient (Wildman–Crippen LogP) is 1.66. The van der Waals surface area contributed by atoms with Gasteiger partial charge in [0.2, 0.25) is 5.91 Å². The first kappa shape index (κ1) is 11.6. The second kappa shape index (κ2) is 5.46. The van der Waals surface area contributed by atoms with Gasteiger partial charge in [0.25, 0.3) is 0 Å². The molecule has 16 heavy (non-hydrogen) atoms. The summed E-state index contributed by atoms with van der Waals surface area (Å²) in [6.45, 7) is 1.43. The Morgan fingerprint density at radius 2 is 2.25 bits per heavy atom. The van der Waals surface area contributed by atoms with Crippen LogP contribution in [0.25, 0.3) is 0 Å². The molecule has 0 aromatic carbocycles. The number of hydrogen-bond donors (Lipinski definition) is 1. The van der Waals surface area contributed by atoms with Crippen LogP contribution in [0.3, 0.4) is 0 Å². The van der Waals surface area contributed by atoms with Crippen LogP contribution in [0.5, 0.6) is 0 Å². The quantitative estimate of drug-likeness (QED) is 0.871. The summed E-state index contributed by atoms with van der Waals surface area (Å²) in [5.74, 6) is 0.223. The van der Waals surface area contributed by atoms with E-state index in [0.717, 1.165) is 19.3 Å². The van der Waals surface area contributed by atoms with Crippen molar-refractivity contribution < 1.29 is 9.90 Å². The molecule has 3 nitrogen and oxygen atoms in total. The number of carbonyl (C=O) groups excluding carboxylic acids is 1. The van der Waals surface area contributed by atoms with Crippen molar-refractivity contribution in [2.75, 3.05) is 13.1 Å². The molecule has 0 spiro atoms. The fourth-order valence-corrected chi connectivity index (χ4v) is 2.67. The fraction of sp³-hybridized carbons (Fsp3) is 0.583. The molecule has 4 heteroatoms. The van der Waals surface area contributed by atoms with Crippen LogP contribution in [0.1, 0.15) is 24.1 Å². The number of rotatable bonds is 3. The van der Waals surface area contributed by atoms with Crippen LogP contribution < -0.4 is 0 Å². The zero-order valence-electron chi connectivity index (χ0n) is 9.26. The largest absolute Gasteiger partial charge is 0.393 e. The van der Waals surface area contributed by atoms with Gasteiger partial charge < -0.3 is 10.0 Å². The van der Waals surface area contributed by atoms with E-state index in [1.165, 1.54) is 4.88 Å². The molecule has 1 saturated heterocycles. The van der Waals surface area contributed by atoms with Gasteiger partial charge in [-0.25, -0.2) is 0 Å². The van der Waals surface area contributed by atoms with Crippen molar-refractivity contribution in [3.8, 4) is 0 Å². The van der Waals surface area contributed by atoms with E-state index in [1.54, 1.807) is 11.3 Å². The topological polar surface area (TPSA) is 40.5 Å². The molecule has 1 aliphatic rings. The monoisotopic (exact) mass is 239 g/mol. The molecule has 88 valence electrons. The molecule has 0 radical (unpaired) electrons. The fourth-order valence-electron chi connectivity index (χ4n) is 1.96. The Labute approximate surface area is 99.7 Å². The number of piperidine rings is 1. The lowest BCUT2D eigenvalue weighted by Gasteiger charge is -2.29. The second-order valence-electron chi connectivity index (χ2n) is 4.19. The molecule has 1 aliphatic heterocycles. The summed E-state index contributed by atoms with van der Waals surface area (Å²) in [5.41, 5.74) is 0. The maximum absolute atomic E-state index is 11.8. The minimum absolute atomic E-state index is 0.207. The lowest BCUT2D eigenvalue weighted by atomic mass is 10.1. The van der Waals surface area contributed by atoms with Crippen molar-refractivity contribution in [1.82, 2.24) is 4.90 Å². The molecule has 1 N–H and O–H groups in total. The number of aliphatic hydroxyl groups is 1. The normalized spacial score (nSPS) is 17.7. The molecule has 1 amide bonds. The number of likely N-dealkylation sites (tertiary alicyclic amines) is 1. The summed E-state index contributed by atoms with van der Waals surface area (Å²) in [7, 11) is 0. The van der Waals surface area contributed by atoms with Gasteiger partial charge in [0.1, 0.15) is 0 Å². The Kier molecular flexibility index (Phi) is 3.96. The van der Waals surface area contributed by atoms with Crippen molar-refractivity contribution in [1.29, 1.82) is 0 Å². The van der Waals surface area contributed by atoms with Gasteiger partial charge in [0, 0.05) is 24.4 Å². The Morgan fingerprint density at radius 1 is 1.50 bits per heavy atom. The smallest absolute Gasteiger partial charge is 0.222 e. The van der Waals surface area contributed by atoms with E-state index >= 15 is 0 Å². The van der Waals surface area contributed by atoms with Crippen LogP contribution in [0.2, 0.25) is 0 Å². The summed E-state index contributed by atoms with van der Waals surface area (Å²) in [5, 5.41) is 11.4. The molecule has 2 rings (SSSR count). The lowest BCUT2D eigenvalue weighted by molar-refractivity contribution is -0.133. The van der Waals surface area contributed by atoms with Crippen molar-refractivity contribution in [2.45, 2.75) is 31.8 Å². The van der Waals surface area contributed by atoms with E-state index in [0.29, 0.717) is 19.5 Å². The zero-order valence-corrected chi connectivity index (χ0v) is 10.1. The maximum atomic E-state index is 11.8. The standard InChI is InChI=1S/C12H17NO2S/c14-10-5-7-13(8-6-10)12(15)4-3-11-2-1-9-16-11/h1-2,9-10,14H,3-8H2. The summed E-state index contributed by atoms with van der Waals surface area (Å²) in [6, 6.07) is 4.08. The Balaban J connectivity index is 1.75. The van der Waals surface area contributed by atoms with Crippen LogP contribution in [0.15, 0.2) is 17.5 Å². The number of amides is 1. The molecular formula is C12H17NO2S. The van der Waals surface area contributed by atoms with Crippen LogP contribution in [0, 0.1) is 0 Å². The highest BCUT2D eigenvalue weighted by Gasteiger charge is 2.20. The molecule has 0 saturated carbocycles. The first-order valence-corrected chi connectivity index (χ1v) is 6.62. The molecule has 0 bridgehead atoms. The molecule has 0 aliphatic carbocycles. The minimum atomic E-state index is -0.207. The molecule has 0 unspecified atom stereocenters. The third-order valence-corrected chi connectivity index (χ3v) is 3.92. The van der Waals surface area contributed by atoms with Crippen LogP contribution in [-0.2, 0) is 11.2 Å². The molecule has 1 aromatic heterocycles. The van der Waals surface area contributed by atoms with Crippen LogP contribution in [0.4, 0.5) is 0 Å². The maximum Gasteiger partial charge on any atom is 0.222 e. The van der Waals surface area contributed by atoms with E-state index in [9.17, 15) is 9.90 Å². The highest BCUT2D eigenvalue weighted by Crippen LogP contribution is 2.14. The van der Waals surface area contributed by atoms with Gasteiger partial charge in [-0.3, -0.25) is 4.79 Å². The molecule has 1 aromatic rings. The molecule has 1 fully saturated rings. The number of thiophene rings is 1. The van der Waals surface area contributed by atoms with E-state index in [4.69, 9.17) is 0 Å². The lowest BCUT2D eigenvalue weighted by Crippen LogP contribution is -2.40. The number of carbonyl (C=O) groups is 1. The number of nitrogens with zero attached hydrogens (tertiary/aromatic N) is 1. The summed E-state index contributed by atoms with van der Waals surface area (Å²) < 4.78 is 0.